The third-order valence-electron chi connectivity index (χ3n) is 5.36. The lowest BCUT2D eigenvalue weighted by Gasteiger charge is -2.25. The number of nitrogens with zero attached hydrogens (tertiary/aromatic N) is 1. The van der Waals surface area contributed by atoms with E-state index in [1.54, 1.807) is 24.9 Å². The summed E-state index contributed by atoms with van der Waals surface area (Å²) >= 11 is 1.63. The number of ether oxygens (including phenoxy) is 1. The maximum atomic E-state index is 10.6. The first-order chi connectivity index (χ1) is 12.9. The van der Waals surface area contributed by atoms with E-state index in [0.29, 0.717) is 12.8 Å². The van der Waals surface area contributed by atoms with Crippen LogP contribution in [0.25, 0.3) is 0 Å². The fourth-order valence-electron chi connectivity index (χ4n) is 3.82. The molecule has 27 heavy (non-hydrogen) atoms. The molecular weight excluding hydrogens is 366 g/mol. The first-order valence-corrected chi connectivity index (χ1v) is 10.9. The molecule has 2 aliphatic rings. The molecule has 2 rings (SSSR count). The van der Waals surface area contributed by atoms with E-state index < -0.39 is 23.9 Å². The van der Waals surface area contributed by atoms with Gasteiger partial charge in [-0.15, -0.1) is 11.8 Å². The van der Waals surface area contributed by atoms with E-state index in [4.69, 9.17) is 14.8 Å². The largest absolute Gasteiger partial charge is 0.481 e. The fraction of sp³-hybridized carbons (Fsp3) is 0.800. The van der Waals surface area contributed by atoms with Gasteiger partial charge >= 0.3 is 5.97 Å². The predicted molar refractivity (Wildman–Crippen MR) is 108 cm³/mol. The van der Waals surface area contributed by atoms with Crippen molar-refractivity contribution in [1.82, 2.24) is 0 Å². The first-order valence-electron chi connectivity index (χ1n) is 9.98. The Morgan fingerprint density at radius 3 is 2.85 bits per heavy atom. The van der Waals surface area contributed by atoms with Crippen molar-refractivity contribution < 1.29 is 24.9 Å². The molecule has 1 saturated carbocycles. The Hall–Kier alpha value is -0.890. The van der Waals surface area contributed by atoms with Gasteiger partial charge in [0.25, 0.3) is 0 Å². The van der Waals surface area contributed by atoms with E-state index in [1.165, 1.54) is 0 Å². The minimum absolute atomic E-state index is 0.00827. The zero-order valence-corrected chi connectivity index (χ0v) is 17.2. The van der Waals surface area contributed by atoms with Crippen LogP contribution in [0.5, 0.6) is 0 Å². The topological polar surface area (TPSA) is 99.4 Å². The van der Waals surface area contributed by atoms with Gasteiger partial charge in [0.2, 0.25) is 0 Å². The second-order valence-corrected chi connectivity index (χ2v) is 8.71. The van der Waals surface area contributed by atoms with Crippen LogP contribution in [0.15, 0.2) is 17.1 Å². The van der Waals surface area contributed by atoms with Crippen molar-refractivity contribution in [3.8, 4) is 0 Å². The highest BCUT2D eigenvalue weighted by molar-refractivity contribution is 8.14. The second kappa shape index (κ2) is 10.6. The van der Waals surface area contributed by atoms with Crippen LogP contribution in [0, 0.1) is 5.92 Å². The molecule has 0 aromatic carbocycles. The second-order valence-electron chi connectivity index (χ2n) is 7.49. The van der Waals surface area contributed by atoms with Gasteiger partial charge < -0.3 is 20.1 Å². The molecule has 1 aliphatic heterocycles. The van der Waals surface area contributed by atoms with Crippen molar-refractivity contribution in [3.63, 3.8) is 0 Å². The van der Waals surface area contributed by atoms with E-state index in [-0.39, 0.29) is 17.6 Å². The molecule has 1 heterocycles. The van der Waals surface area contributed by atoms with Crippen molar-refractivity contribution in [2.45, 2.75) is 87.9 Å². The van der Waals surface area contributed by atoms with Gasteiger partial charge in [-0.1, -0.05) is 38.3 Å². The van der Waals surface area contributed by atoms with Gasteiger partial charge in [-0.3, -0.25) is 4.79 Å². The minimum atomic E-state index is -0.771. The number of hydrogen-bond donors (Lipinski definition) is 3. The number of carboxylic acid groups (broad SMARTS) is 1. The number of aliphatic hydroxyl groups is 2. The molecule has 6 nitrogen and oxygen atoms in total. The van der Waals surface area contributed by atoms with Crippen LogP contribution in [0.2, 0.25) is 0 Å². The van der Waals surface area contributed by atoms with Gasteiger partial charge in [0.15, 0.2) is 5.72 Å². The molecule has 3 N–H and O–H groups in total. The van der Waals surface area contributed by atoms with Crippen LogP contribution in [0.3, 0.4) is 0 Å². The third-order valence-corrected chi connectivity index (χ3v) is 6.86. The summed E-state index contributed by atoms with van der Waals surface area (Å²) in [4.78, 5) is 15.4. The van der Waals surface area contributed by atoms with Crippen molar-refractivity contribution in [2.24, 2.45) is 10.9 Å². The molecule has 0 bridgehead atoms. The number of rotatable bonds is 12. The van der Waals surface area contributed by atoms with E-state index in [9.17, 15) is 15.0 Å². The van der Waals surface area contributed by atoms with Crippen molar-refractivity contribution in [3.05, 3.63) is 12.2 Å². The van der Waals surface area contributed by atoms with Gasteiger partial charge in [-0.2, -0.15) is 0 Å². The lowest BCUT2D eigenvalue weighted by atomic mass is 10.0. The number of unbranched alkanes of at least 4 members (excludes halogenated alkanes) is 3. The number of aliphatic carboxylic acids is 1. The Morgan fingerprint density at radius 2 is 2.19 bits per heavy atom. The van der Waals surface area contributed by atoms with Crippen molar-refractivity contribution in [1.29, 1.82) is 0 Å². The summed E-state index contributed by atoms with van der Waals surface area (Å²) in [5.74, 6) is -0.886. The number of aliphatic imine (C=N–C) groups is 1. The molecule has 0 radical (unpaired) electrons. The van der Waals surface area contributed by atoms with Crippen LogP contribution >= 0.6 is 11.8 Å². The van der Waals surface area contributed by atoms with Crippen molar-refractivity contribution >= 4 is 22.8 Å². The van der Waals surface area contributed by atoms with Crippen LogP contribution in [-0.4, -0.2) is 56.6 Å². The number of aliphatic hydroxyl groups excluding tert-OH is 2. The van der Waals surface area contributed by atoms with E-state index in [1.807, 2.05) is 6.08 Å². The summed E-state index contributed by atoms with van der Waals surface area (Å²) in [6.45, 7) is 2.14. The Balaban J connectivity index is 1.94. The molecule has 0 aromatic heterocycles. The molecule has 5 atom stereocenters. The van der Waals surface area contributed by atoms with Gasteiger partial charge in [0, 0.05) is 25.9 Å². The summed E-state index contributed by atoms with van der Waals surface area (Å²) in [6, 6.07) is 0. The molecule has 7 heteroatoms. The number of hydrogen-bond acceptors (Lipinski definition) is 6. The summed E-state index contributed by atoms with van der Waals surface area (Å²) in [7, 11) is 1.63. The van der Waals surface area contributed by atoms with Gasteiger partial charge in [0.1, 0.15) is 0 Å². The molecule has 0 aromatic rings. The summed E-state index contributed by atoms with van der Waals surface area (Å²) in [6.07, 6.45) is 9.47. The number of carbonyl (C=O) groups is 1. The van der Waals surface area contributed by atoms with Crippen LogP contribution < -0.4 is 0 Å². The molecule has 0 amide bonds. The maximum absolute atomic E-state index is 10.6. The van der Waals surface area contributed by atoms with Crippen LogP contribution in [0.1, 0.15) is 64.7 Å². The zero-order chi connectivity index (χ0) is 19.9. The zero-order valence-electron chi connectivity index (χ0n) is 16.3. The number of carboxylic acids is 1. The number of methoxy groups -OCH3 is 1. The van der Waals surface area contributed by atoms with Gasteiger partial charge in [-0.25, -0.2) is 4.99 Å². The SMILES string of the molecule is CCCCC[C@H](O)/C=C/[C@H]1[C@H](O)C[C@]2(OC)N=C(CCCCC(=O)O)S[C@H]12. The molecule has 154 valence electrons. The highest BCUT2D eigenvalue weighted by atomic mass is 32.2. The fourth-order valence-corrected chi connectivity index (χ4v) is 5.44. The van der Waals surface area contributed by atoms with Crippen LogP contribution in [-0.2, 0) is 9.53 Å². The Kier molecular flexibility index (Phi) is 8.79. The Labute approximate surface area is 166 Å². The average molecular weight is 400 g/mol. The molecule has 0 saturated heterocycles. The highest BCUT2D eigenvalue weighted by Crippen LogP contribution is 2.51. The molecule has 0 spiro atoms. The standard InChI is InChI=1S/C20H33NO5S/c1-3-4-5-8-14(22)11-12-15-16(23)13-20(26-2)19(15)27-17(21-20)9-6-7-10-18(24)25/h11-12,14-16,19,22-23H,3-10,13H2,1-2H3,(H,24,25)/b12-11+/t14-,15-,16+,19+,20+/m0/s1. The normalized spacial score (nSPS) is 31.3. The summed E-state index contributed by atoms with van der Waals surface area (Å²) in [5, 5.41) is 30.4. The molecule has 1 aliphatic carbocycles. The third kappa shape index (κ3) is 6.04. The number of fused-ring (bicyclic) bond motifs is 1. The van der Waals surface area contributed by atoms with Crippen LogP contribution in [0.4, 0.5) is 0 Å². The Bertz CT molecular complexity index is 552. The maximum Gasteiger partial charge on any atom is 0.303 e. The van der Waals surface area contributed by atoms with E-state index in [2.05, 4.69) is 6.92 Å². The quantitative estimate of drug-likeness (QED) is 0.344. The molecule has 0 unspecified atom stereocenters. The summed E-state index contributed by atoms with van der Waals surface area (Å²) < 4.78 is 5.73. The van der Waals surface area contributed by atoms with Crippen molar-refractivity contribution in [2.75, 3.05) is 7.11 Å². The lowest BCUT2D eigenvalue weighted by Crippen LogP contribution is -2.34. The lowest BCUT2D eigenvalue weighted by molar-refractivity contribution is -0.137. The monoisotopic (exact) mass is 399 g/mol. The Morgan fingerprint density at radius 1 is 1.41 bits per heavy atom. The number of thioether (sulfide) groups is 1. The van der Waals surface area contributed by atoms with E-state index >= 15 is 0 Å². The highest BCUT2D eigenvalue weighted by Gasteiger charge is 2.57. The predicted octanol–water partition coefficient (Wildman–Crippen LogP) is 3.37. The molecule has 1 fully saturated rings. The smallest absolute Gasteiger partial charge is 0.303 e. The molecular formula is C20H33NO5S. The first kappa shape index (κ1) is 22.4. The van der Waals surface area contributed by atoms with Gasteiger partial charge in [0.05, 0.1) is 22.5 Å². The van der Waals surface area contributed by atoms with Gasteiger partial charge in [-0.05, 0) is 25.7 Å². The average Bonchev–Trinajstić information content (AvgIpc) is 3.09. The minimum Gasteiger partial charge on any atom is -0.481 e. The van der Waals surface area contributed by atoms with E-state index in [0.717, 1.165) is 43.6 Å². The summed E-state index contributed by atoms with van der Waals surface area (Å²) in [5.41, 5.74) is -0.714.